The Balaban J connectivity index is 3.05. The molecule has 0 heterocycles. The molecule has 0 bridgehead atoms. The van der Waals surface area contributed by atoms with Crippen LogP contribution in [0.3, 0.4) is 0 Å². The van der Waals surface area contributed by atoms with E-state index >= 15 is 0 Å². The van der Waals surface area contributed by atoms with Crippen LogP contribution in [-0.2, 0) is 0 Å². The van der Waals surface area contributed by atoms with Gasteiger partial charge in [0.15, 0.2) is 0 Å². The van der Waals surface area contributed by atoms with Crippen molar-refractivity contribution >= 4 is 17.2 Å². The second-order valence-corrected chi connectivity index (χ2v) is 2.53. The van der Waals surface area contributed by atoms with Gasteiger partial charge in [-0.25, -0.2) is 0 Å². The quantitative estimate of drug-likeness (QED) is 0.541. The van der Waals surface area contributed by atoms with Crippen molar-refractivity contribution in [1.82, 2.24) is 5.32 Å². The third kappa shape index (κ3) is 5.85. The monoisotopic (exact) mass is 132 g/mol. The Morgan fingerprint density at radius 1 is 1.75 bits per heavy atom. The smallest absolute Gasteiger partial charge is 0.0867 e. The maximum Gasteiger partial charge on any atom is 0.0867 e. The summed E-state index contributed by atoms with van der Waals surface area (Å²) in [5, 5.41) is 3.08. The Hall–Kier alpha value is -0.150. The van der Waals surface area contributed by atoms with E-state index in [1.54, 1.807) is 0 Å². The Kier molecular flexibility index (Phi) is 3.73. The fraction of sp³-hybridized carbons (Fsp3) is 0.800. The molecule has 8 heavy (non-hydrogen) atoms. The van der Waals surface area contributed by atoms with Gasteiger partial charge in [-0.15, -0.1) is 0 Å². The zero-order chi connectivity index (χ0) is 6.57. The molecule has 0 aromatic carbocycles. The third-order valence-corrected chi connectivity index (χ3v) is 0.829. The second kappa shape index (κ2) is 3.80. The summed E-state index contributed by atoms with van der Waals surface area (Å²) in [6.07, 6.45) is 0. The van der Waals surface area contributed by atoms with Crippen LogP contribution in [0.25, 0.3) is 0 Å². The lowest BCUT2D eigenvalue weighted by atomic mass is 10.4. The molecule has 0 unspecified atom stereocenters. The molecule has 0 aromatic heterocycles. The van der Waals surface area contributed by atoms with Gasteiger partial charge in [-0.2, -0.15) is 0 Å². The number of thiocarbonyl (C=S) groups is 1. The molecule has 0 atom stereocenters. The first kappa shape index (κ1) is 7.85. The van der Waals surface area contributed by atoms with Crippen LogP contribution in [0.2, 0.25) is 0 Å². The highest BCUT2D eigenvalue weighted by Gasteiger charge is 1.90. The fourth-order valence-corrected chi connectivity index (χ4v) is 0.388. The normalized spacial score (nSPS) is 9.88. The van der Waals surface area contributed by atoms with Gasteiger partial charge in [0.2, 0.25) is 0 Å². The minimum Gasteiger partial charge on any atom is -0.392 e. The predicted octanol–water partition coefficient (Wildman–Crippen LogP) is 0.271. The van der Waals surface area contributed by atoms with Gasteiger partial charge < -0.3 is 11.1 Å². The van der Waals surface area contributed by atoms with E-state index in [4.69, 9.17) is 5.73 Å². The van der Waals surface area contributed by atoms with Crippen molar-refractivity contribution in [3.05, 3.63) is 0 Å². The first-order valence-electron chi connectivity index (χ1n) is 2.64. The number of hydrogen-bond donors (Lipinski definition) is 2. The van der Waals surface area contributed by atoms with Crippen LogP contribution >= 0.6 is 12.2 Å². The van der Waals surface area contributed by atoms with Crippen LogP contribution < -0.4 is 11.1 Å². The lowest BCUT2D eigenvalue weighted by Gasteiger charge is -2.04. The summed E-state index contributed by atoms with van der Waals surface area (Å²) < 4.78 is 0. The van der Waals surface area contributed by atoms with E-state index in [0.717, 1.165) is 0 Å². The van der Waals surface area contributed by atoms with E-state index in [0.29, 0.717) is 17.6 Å². The van der Waals surface area contributed by atoms with Gasteiger partial charge in [0.1, 0.15) is 0 Å². The molecule has 0 radical (unpaired) electrons. The molecule has 0 saturated heterocycles. The van der Waals surface area contributed by atoms with Gasteiger partial charge in [0, 0.05) is 12.6 Å². The van der Waals surface area contributed by atoms with Crippen LogP contribution in [0, 0.1) is 0 Å². The lowest BCUT2D eigenvalue weighted by Crippen LogP contribution is -2.31. The maximum atomic E-state index is 5.21. The average Bonchev–Trinajstić information content (AvgIpc) is 1.61. The van der Waals surface area contributed by atoms with Gasteiger partial charge in [0.05, 0.1) is 4.99 Å². The second-order valence-electron chi connectivity index (χ2n) is 2.00. The molecule has 0 aromatic rings. The molecule has 0 spiro atoms. The highest BCUT2D eigenvalue weighted by atomic mass is 32.1. The molecule has 0 amide bonds. The van der Waals surface area contributed by atoms with Crippen LogP contribution in [0.5, 0.6) is 0 Å². The molecule has 0 saturated carbocycles. The summed E-state index contributed by atoms with van der Waals surface area (Å²) in [7, 11) is 0. The van der Waals surface area contributed by atoms with Gasteiger partial charge in [-0.1, -0.05) is 26.1 Å². The van der Waals surface area contributed by atoms with Crippen LogP contribution in [0.15, 0.2) is 0 Å². The van der Waals surface area contributed by atoms with Crippen molar-refractivity contribution in [2.75, 3.05) is 6.54 Å². The summed E-state index contributed by atoms with van der Waals surface area (Å²) >= 11 is 4.63. The zero-order valence-corrected chi connectivity index (χ0v) is 6.09. The van der Waals surface area contributed by atoms with Crippen LogP contribution in [-0.4, -0.2) is 17.6 Å². The topological polar surface area (TPSA) is 38.0 Å². The average molecular weight is 132 g/mol. The Labute approximate surface area is 55.4 Å². The van der Waals surface area contributed by atoms with Gasteiger partial charge in [-0.05, 0) is 0 Å². The number of rotatable bonds is 3. The molecular weight excluding hydrogens is 120 g/mol. The maximum absolute atomic E-state index is 5.21. The Morgan fingerprint density at radius 2 is 2.25 bits per heavy atom. The minimum absolute atomic E-state index is 0.469. The Bertz CT molecular complexity index is 80.5. The van der Waals surface area contributed by atoms with Gasteiger partial charge >= 0.3 is 0 Å². The number of hydrogen-bond acceptors (Lipinski definition) is 2. The largest absolute Gasteiger partial charge is 0.392 e. The molecule has 2 nitrogen and oxygen atoms in total. The molecule has 0 aliphatic heterocycles. The lowest BCUT2D eigenvalue weighted by molar-refractivity contribution is 0.643. The summed E-state index contributed by atoms with van der Waals surface area (Å²) in [5.74, 6) is 0. The minimum atomic E-state index is 0.469. The summed E-state index contributed by atoms with van der Waals surface area (Å²) in [4.78, 5) is 0.527. The molecule has 3 heteroatoms. The number of nitrogens with one attached hydrogen (secondary N) is 1. The van der Waals surface area contributed by atoms with E-state index in [2.05, 4.69) is 31.4 Å². The van der Waals surface area contributed by atoms with E-state index in [1.807, 2.05) is 0 Å². The van der Waals surface area contributed by atoms with E-state index in [9.17, 15) is 0 Å². The fourth-order valence-electron chi connectivity index (χ4n) is 0.305. The van der Waals surface area contributed by atoms with E-state index < -0.39 is 0 Å². The first-order chi connectivity index (χ1) is 3.63. The number of nitrogens with two attached hydrogens (primary N) is 1. The van der Waals surface area contributed by atoms with Crippen LogP contribution in [0.4, 0.5) is 0 Å². The standard InChI is InChI=1S/C5H12N2S/c1-4(2)7-3-5(6)8/h4,7H,3H2,1-2H3,(H2,6,8). The van der Waals surface area contributed by atoms with E-state index in [1.165, 1.54) is 0 Å². The van der Waals surface area contributed by atoms with Crippen molar-refractivity contribution < 1.29 is 0 Å². The highest BCUT2D eigenvalue weighted by molar-refractivity contribution is 7.80. The van der Waals surface area contributed by atoms with Crippen molar-refractivity contribution in [1.29, 1.82) is 0 Å². The molecule has 3 N–H and O–H groups in total. The first-order valence-corrected chi connectivity index (χ1v) is 3.05. The van der Waals surface area contributed by atoms with Crippen molar-refractivity contribution in [2.45, 2.75) is 19.9 Å². The Morgan fingerprint density at radius 3 is 2.38 bits per heavy atom. The van der Waals surface area contributed by atoms with Crippen LogP contribution in [0.1, 0.15) is 13.8 Å². The van der Waals surface area contributed by atoms with E-state index in [-0.39, 0.29) is 0 Å². The molecule has 48 valence electrons. The summed E-state index contributed by atoms with van der Waals surface area (Å²) in [5.41, 5.74) is 5.21. The third-order valence-electron chi connectivity index (χ3n) is 0.685. The SMILES string of the molecule is CC(C)NCC(N)=S. The van der Waals surface area contributed by atoms with Crippen molar-refractivity contribution in [3.8, 4) is 0 Å². The van der Waals surface area contributed by atoms with Crippen molar-refractivity contribution in [3.63, 3.8) is 0 Å². The van der Waals surface area contributed by atoms with Gasteiger partial charge in [-0.3, -0.25) is 0 Å². The molecule has 0 aliphatic carbocycles. The summed E-state index contributed by atoms with van der Waals surface area (Å²) in [6, 6.07) is 0.469. The predicted molar refractivity (Wildman–Crippen MR) is 39.9 cm³/mol. The molecular formula is C5H12N2S. The van der Waals surface area contributed by atoms with Gasteiger partial charge in [0.25, 0.3) is 0 Å². The highest BCUT2D eigenvalue weighted by Crippen LogP contribution is 1.73. The molecule has 0 aliphatic rings. The molecule has 0 fully saturated rings. The molecule has 0 rings (SSSR count). The van der Waals surface area contributed by atoms with Crippen molar-refractivity contribution in [2.24, 2.45) is 5.73 Å². The zero-order valence-electron chi connectivity index (χ0n) is 5.27. The summed E-state index contributed by atoms with van der Waals surface area (Å²) in [6.45, 7) is 4.75.